The molecule has 0 bridgehead atoms. The van der Waals surface area contributed by atoms with E-state index in [-0.39, 0.29) is 28.9 Å². The zero-order valence-electron chi connectivity index (χ0n) is 19.7. The van der Waals surface area contributed by atoms with Crippen LogP contribution >= 0.6 is 0 Å². The molecule has 0 aromatic carbocycles. The predicted octanol–water partition coefficient (Wildman–Crippen LogP) is 4.81. The minimum Gasteiger partial charge on any atom is -0.469 e. The van der Waals surface area contributed by atoms with Gasteiger partial charge in [0.2, 0.25) is 0 Å². The molecule has 4 rings (SSSR count). The van der Waals surface area contributed by atoms with E-state index in [2.05, 4.69) is 19.9 Å². The molecule has 4 aliphatic carbocycles. The summed E-state index contributed by atoms with van der Waals surface area (Å²) in [4.78, 5) is 23.0. The number of rotatable bonds is 5. The molecule has 0 heterocycles. The lowest BCUT2D eigenvalue weighted by Crippen LogP contribution is -2.52. The highest BCUT2D eigenvalue weighted by Crippen LogP contribution is 2.66. The van der Waals surface area contributed by atoms with E-state index >= 15 is 0 Å². The van der Waals surface area contributed by atoms with Crippen LogP contribution in [-0.2, 0) is 19.1 Å². The lowest BCUT2D eigenvalue weighted by molar-refractivity contribution is -0.151. The van der Waals surface area contributed by atoms with Crippen molar-refractivity contribution < 1.29 is 24.2 Å². The number of aliphatic hydroxyl groups excluding tert-OH is 1. The van der Waals surface area contributed by atoms with Crippen LogP contribution in [-0.4, -0.2) is 36.4 Å². The van der Waals surface area contributed by atoms with E-state index in [9.17, 15) is 14.7 Å². The number of ether oxygens (including phenoxy) is 2. The first-order valence-corrected chi connectivity index (χ1v) is 12.3. The molecule has 0 aromatic rings. The van der Waals surface area contributed by atoms with Crippen LogP contribution in [0.15, 0.2) is 11.6 Å². The fourth-order valence-electron chi connectivity index (χ4n) is 8.01. The van der Waals surface area contributed by atoms with Crippen molar-refractivity contribution in [3.63, 3.8) is 0 Å². The van der Waals surface area contributed by atoms with Gasteiger partial charge in [0, 0.05) is 18.8 Å². The molecular weight excluding hydrogens is 392 g/mol. The van der Waals surface area contributed by atoms with Gasteiger partial charge in [-0.25, -0.2) is 0 Å². The molecule has 0 saturated heterocycles. The van der Waals surface area contributed by atoms with Gasteiger partial charge in [0.25, 0.3) is 0 Å². The highest BCUT2D eigenvalue weighted by molar-refractivity contribution is 5.69. The smallest absolute Gasteiger partial charge is 0.305 e. The second-order valence-corrected chi connectivity index (χ2v) is 11.1. The Bertz CT molecular complexity index is 744. The topological polar surface area (TPSA) is 72.8 Å². The number of hydrogen-bond acceptors (Lipinski definition) is 5. The maximum Gasteiger partial charge on any atom is 0.305 e. The monoisotopic (exact) mass is 432 g/mol. The van der Waals surface area contributed by atoms with Crippen molar-refractivity contribution in [2.24, 2.45) is 34.5 Å². The standard InChI is InChI=1S/C26H40O5/c1-16(27)31-19-12-13-25(2)18(14-19)8-10-20-21-11-9-17(6-5-7-24(29)30-4)26(21,3)23(28)15-22(20)25/h15,17-21,23,28H,5-14H2,1-4H3/t17?,18-,19-,20?,21?,23-,25+,26-/m1/s1. The van der Waals surface area contributed by atoms with E-state index in [0.717, 1.165) is 38.5 Å². The minimum atomic E-state index is -0.420. The van der Waals surface area contributed by atoms with Crippen molar-refractivity contribution in [3.8, 4) is 0 Å². The molecule has 0 spiro atoms. The van der Waals surface area contributed by atoms with E-state index in [1.54, 1.807) is 0 Å². The van der Waals surface area contributed by atoms with Gasteiger partial charge in [-0.15, -0.1) is 0 Å². The number of hydrogen-bond donors (Lipinski definition) is 1. The zero-order valence-corrected chi connectivity index (χ0v) is 19.7. The number of methoxy groups -OCH3 is 1. The Kier molecular flexibility index (Phi) is 6.28. The summed E-state index contributed by atoms with van der Waals surface area (Å²) >= 11 is 0. The summed E-state index contributed by atoms with van der Waals surface area (Å²) < 4.78 is 10.4. The van der Waals surface area contributed by atoms with Gasteiger partial charge in [-0.1, -0.05) is 25.5 Å². The average molecular weight is 433 g/mol. The summed E-state index contributed by atoms with van der Waals surface area (Å²) in [6, 6.07) is 0. The Morgan fingerprint density at radius 1 is 1.16 bits per heavy atom. The molecule has 0 aliphatic heterocycles. The van der Waals surface area contributed by atoms with Gasteiger partial charge in [-0.3, -0.25) is 9.59 Å². The summed E-state index contributed by atoms with van der Waals surface area (Å²) in [5.74, 6) is 1.76. The highest BCUT2D eigenvalue weighted by atomic mass is 16.5. The second kappa shape index (κ2) is 8.53. The molecule has 0 radical (unpaired) electrons. The summed E-state index contributed by atoms with van der Waals surface area (Å²) in [5, 5.41) is 11.4. The molecule has 3 unspecified atom stereocenters. The van der Waals surface area contributed by atoms with E-state index < -0.39 is 6.10 Å². The van der Waals surface area contributed by atoms with Gasteiger partial charge < -0.3 is 14.6 Å². The van der Waals surface area contributed by atoms with E-state index in [4.69, 9.17) is 9.47 Å². The van der Waals surface area contributed by atoms with E-state index in [1.807, 2.05) is 0 Å². The number of allylic oxidation sites excluding steroid dienone is 1. The molecule has 174 valence electrons. The quantitative estimate of drug-likeness (QED) is 0.498. The van der Waals surface area contributed by atoms with Crippen molar-refractivity contribution in [1.29, 1.82) is 0 Å². The number of carbonyl (C=O) groups is 2. The molecule has 4 aliphatic rings. The SMILES string of the molecule is COC(=O)CCCC1CCC2C3CC[C@@H]4C[C@H](OC(C)=O)CC[C@]4(C)C3=C[C@@H](O)[C@]12C. The highest BCUT2D eigenvalue weighted by Gasteiger charge is 2.60. The third kappa shape index (κ3) is 3.85. The molecule has 5 nitrogen and oxygen atoms in total. The van der Waals surface area contributed by atoms with E-state index in [0.29, 0.717) is 30.1 Å². The Balaban J connectivity index is 1.52. The van der Waals surface area contributed by atoms with Gasteiger partial charge >= 0.3 is 11.9 Å². The first kappa shape index (κ1) is 22.8. The maximum atomic E-state index is 11.5. The van der Waals surface area contributed by atoms with Crippen LogP contribution in [0.4, 0.5) is 0 Å². The number of esters is 2. The molecule has 31 heavy (non-hydrogen) atoms. The van der Waals surface area contributed by atoms with Crippen molar-refractivity contribution in [2.75, 3.05) is 7.11 Å². The van der Waals surface area contributed by atoms with Crippen molar-refractivity contribution in [1.82, 2.24) is 0 Å². The Morgan fingerprint density at radius 3 is 2.65 bits per heavy atom. The van der Waals surface area contributed by atoms with Crippen LogP contribution in [0.1, 0.15) is 85.0 Å². The summed E-state index contributed by atoms with van der Waals surface area (Å²) in [5.41, 5.74) is 1.52. The normalized spacial score (nSPS) is 43.8. The Labute approximate surface area is 186 Å². The van der Waals surface area contributed by atoms with Crippen molar-refractivity contribution in [2.45, 2.75) is 97.2 Å². The molecule has 3 fully saturated rings. The molecule has 8 atom stereocenters. The lowest BCUT2D eigenvalue weighted by Gasteiger charge is -2.58. The average Bonchev–Trinajstić information content (AvgIpc) is 3.06. The van der Waals surface area contributed by atoms with Crippen molar-refractivity contribution in [3.05, 3.63) is 11.6 Å². The Hall–Kier alpha value is -1.36. The van der Waals surface area contributed by atoms with Crippen LogP contribution in [0.25, 0.3) is 0 Å². The van der Waals surface area contributed by atoms with Gasteiger partial charge in [0.15, 0.2) is 0 Å². The summed E-state index contributed by atoms with van der Waals surface area (Å²) in [6.45, 7) is 6.21. The fraction of sp³-hybridized carbons (Fsp3) is 0.846. The van der Waals surface area contributed by atoms with Crippen molar-refractivity contribution >= 4 is 11.9 Å². The minimum absolute atomic E-state index is 0.0529. The van der Waals surface area contributed by atoms with Gasteiger partial charge in [-0.05, 0) is 86.9 Å². The molecular formula is C26H40O5. The summed E-state index contributed by atoms with van der Waals surface area (Å²) in [6.07, 6.45) is 11.8. The molecule has 1 N–H and O–H groups in total. The summed E-state index contributed by atoms with van der Waals surface area (Å²) in [7, 11) is 1.45. The predicted molar refractivity (Wildman–Crippen MR) is 118 cm³/mol. The van der Waals surface area contributed by atoms with Crippen LogP contribution in [0, 0.1) is 34.5 Å². The van der Waals surface area contributed by atoms with E-state index in [1.165, 1.54) is 38.9 Å². The van der Waals surface area contributed by atoms with Crippen LogP contribution < -0.4 is 0 Å². The van der Waals surface area contributed by atoms with Crippen LogP contribution in [0.5, 0.6) is 0 Å². The molecule has 0 amide bonds. The van der Waals surface area contributed by atoms with Gasteiger partial charge in [0.1, 0.15) is 6.10 Å². The largest absolute Gasteiger partial charge is 0.469 e. The molecule has 3 saturated carbocycles. The number of fused-ring (bicyclic) bond motifs is 5. The van der Waals surface area contributed by atoms with Gasteiger partial charge in [0.05, 0.1) is 13.2 Å². The number of carbonyl (C=O) groups excluding carboxylic acids is 2. The number of aliphatic hydroxyl groups is 1. The Morgan fingerprint density at radius 2 is 1.94 bits per heavy atom. The first-order valence-electron chi connectivity index (χ1n) is 12.3. The van der Waals surface area contributed by atoms with Crippen LogP contribution in [0.2, 0.25) is 0 Å². The maximum absolute atomic E-state index is 11.5. The zero-order chi connectivity index (χ0) is 22.4. The second-order valence-electron chi connectivity index (χ2n) is 11.1. The van der Waals surface area contributed by atoms with Crippen LogP contribution in [0.3, 0.4) is 0 Å². The third-order valence-corrected chi connectivity index (χ3v) is 9.78. The first-order chi connectivity index (χ1) is 14.7. The molecule has 5 heteroatoms. The van der Waals surface area contributed by atoms with Gasteiger partial charge in [-0.2, -0.15) is 0 Å². The lowest BCUT2D eigenvalue weighted by atomic mass is 9.48. The molecule has 0 aromatic heterocycles. The third-order valence-electron chi connectivity index (χ3n) is 9.78. The fourth-order valence-corrected chi connectivity index (χ4v) is 8.01.